The molecule has 1 saturated heterocycles. The molecule has 4 amide bonds. The molecule has 0 radical (unpaired) electrons. The summed E-state index contributed by atoms with van der Waals surface area (Å²) in [6.07, 6.45) is 3.63. The molecular weight excluding hydrogens is 498 g/mol. The van der Waals surface area contributed by atoms with Crippen LogP contribution in [0.2, 0.25) is 0 Å². The monoisotopic (exact) mass is 527 g/mol. The molecule has 0 bridgehead atoms. The zero-order valence-corrected chi connectivity index (χ0v) is 21.5. The highest BCUT2D eigenvalue weighted by Crippen LogP contribution is 2.32. The standard InChI is InChI=1S/C26H29N3O7S/c1-3-4-5-6-13-36-37(34,35)22-11-7-16(2)14-20(22)27-17-8-9-18-19(15-17)26(33)29(25(18)32)21-10-12-23(30)28-24(21)31/h7-9,11,14-15,21,27H,3-6,10,12-13H2,1-2H3,(H,28,30,31). The number of amides is 4. The average molecular weight is 528 g/mol. The van der Waals surface area contributed by atoms with Gasteiger partial charge in [0.25, 0.3) is 21.9 Å². The lowest BCUT2D eigenvalue weighted by Gasteiger charge is -2.27. The van der Waals surface area contributed by atoms with Crippen LogP contribution in [0, 0.1) is 6.92 Å². The fraction of sp³-hybridized carbons (Fsp3) is 0.385. The van der Waals surface area contributed by atoms with Gasteiger partial charge in [-0.05, 0) is 55.7 Å². The largest absolute Gasteiger partial charge is 0.354 e. The van der Waals surface area contributed by atoms with E-state index in [9.17, 15) is 27.6 Å². The van der Waals surface area contributed by atoms with Crippen molar-refractivity contribution in [2.45, 2.75) is 63.3 Å². The van der Waals surface area contributed by atoms with Crippen LogP contribution in [-0.2, 0) is 23.9 Å². The number of nitrogens with zero attached hydrogens (tertiary/aromatic N) is 1. The van der Waals surface area contributed by atoms with E-state index >= 15 is 0 Å². The molecule has 37 heavy (non-hydrogen) atoms. The molecule has 0 saturated carbocycles. The van der Waals surface area contributed by atoms with Crippen molar-refractivity contribution in [3.8, 4) is 0 Å². The number of nitrogens with one attached hydrogen (secondary N) is 2. The molecule has 1 fully saturated rings. The van der Waals surface area contributed by atoms with Crippen molar-refractivity contribution in [3.63, 3.8) is 0 Å². The quantitative estimate of drug-likeness (QED) is 0.272. The first kappa shape index (κ1) is 26.5. The van der Waals surface area contributed by atoms with E-state index in [4.69, 9.17) is 4.18 Å². The third-order valence-corrected chi connectivity index (χ3v) is 7.73. The molecule has 1 atom stereocenters. The van der Waals surface area contributed by atoms with Gasteiger partial charge in [-0.15, -0.1) is 0 Å². The molecule has 11 heteroatoms. The van der Waals surface area contributed by atoms with E-state index < -0.39 is 39.8 Å². The number of imide groups is 2. The molecule has 1 unspecified atom stereocenters. The van der Waals surface area contributed by atoms with Crippen molar-refractivity contribution in [2.75, 3.05) is 11.9 Å². The van der Waals surface area contributed by atoms with Crippen molar-refractivity contribution in [2.24, 2.45) is 0 Å². The van der Waals surface area contributed by atoms with Gasteiger partial charge in [0.1, 0.15) is 10.9 Å². The maximum absolute atomic E-state index is 13.1. The average Bonchev–Trinajstić information content (AvgIpc) is 3.08. The number of fused-ring (bicyclic) bond motifs is 1. The van der Waals surface area contributed by atoms with Gasteiger partial charge in [-0.2, -0.15) is 8.42 Å². The molecule has 2 aliphatic rings. The summed E-state index contributed by atoms with van der Waals surface area (Å²) in [5.41, 5.74) is 1.68. The molecule has 2 N–H and O–H groups in total. The van der Waals surface area contributed by atoms with Crippen LogP contribution in [-0.4, -0.2) is 49.6 Å². The Morgan fingerprint density at radius 2 is 1.76 bits per heavy atom. The van der Waals surface area contributed by atoms with E-state index in [-0.39, 0.29) is 41.2 Å². The molecule has 0 spiro atoms. The van der Waals surface area contributed by atoms with Crippen molar-refractivity contribution in [3.05, 3.63) is 53.1 Å². The molecule has 0 aliphatic carbocycles. The Labute approximate surface area is 215 Å². The molecule has 4 rings (SSSR count). The number of hydrogen-bond donors (Lipinski definition) is 2. The number of unbranched alkanes of at least 4 members (excludes halogenated alkanes) is 3. The lowest BCUT2D eigenvalue weighted by atomic mass is 10.0. The van der Waals surface area contributed by atoms with E-state index in [0.717, 1.165) is 29.7 Å². The van der Waals surface area contributed by atoms with Crippen LogP contribution in [0.4, 0.5) is 11.4 Å². The van der Waals surface area contributed by atoms with Gasteiger partial charge in [0.2, 0.25) is 11.8 Å². The van der Waals surface area contributed by atoms with Crippen molar-refractivity contribution in [1.82, 2.24) is 10.2 Å². The number of carbonyl (C=O) groups is 4. The minimum atomic E-state index is -4.04. The Bertz CT molecular complexity index is 1370. The summed E-state index contributed by atoms with van der Waals surface area (Å²) >= 11 is 0. The van der Waals surface area contributed by atoms with Gasteiger partial charge < -0.3 is 5.32 Å². The Hall–Kier alpha value is -3.57. The smallest absolute Gasteiger partial charge is 0.299 e. The Morgan fingerprint density at radius 3 is 2.49 bits per heavy atom. The number of benzene rings is 2. The van der Waals surface area contributed by atoms with Crippen LogP contribution in [0.15, 0.2) is 41.3 Å². The van der Waals surface area contributed by atoms with Crippen molar-refractivity contribution < 1.29 is 31.8 Å². The maximum Gasteiger partial charge on any atom is 0.299 e. The third-order valence-electron chi connectivity index (χ3n) is 6.36. The minimum Gasteiger partial charge on any atom is -0.354 e. The summed E-state index contributed by atoms with van der Waals surface area (Å²) in [6, 6.07) is 8.19. The van der Waals surface area contributed by atoms with Crippen LogP contribution >= 0.6 is 0 Å². The maximum atomic E-state index is 13.1. The zero-order chi connectivity index (χ0) is 26.7. The fourth-order valence-corrected chi connectivity index (χ4v) is 5.50. The zero-order valence-electron chi connectivity index (χ0n) is 20.7. The first-order chi connectivity index (χ1) is 17.6. The number of anilines is 2. The fourth-order valence-electron chi connectivity index (χ4n) is 4.42. The van der Waals surface area contributed by atoms with E-state index in [0.29, 0.717) is 12.1 Å². The summed E-state index contributed by atoms with van der Waals surface area (Å²) in [7, 11) is -4.04. The highest BCUT2D eigenvalue weighted by Gasteiger charge is 2.44. The summed E-state index contributed by atoms with van der Waals surface area (Å²) in [5.74, 6) is -2.39. The minimum absolute atomic E-state index is 0.0297. The second-order valence-electron chi connectivity index (χ2n) is 9.17. The molecule has 10 nitrogen and oxygen atoms in total. The van der Waals surface area contributed by atoms with Gasteiger partial charge in [0.05, 0.1) is 23.4 Å². The molecule has 0 aromatic heterocycles. The number of aryl methyl sites for hydroxylation is 1. The highest BCUT2D eigenvalue weighted by molar-refractivity contribution is 7.87. The number of hydrogen-bond acceptors (Lipinski definition) is 8. The summed E-state index contributed by atoms with van der Waals surface area (Å²) in [5, 5.41) is 5.20. The highest BCUT2D eigenvalue weighted by atomic mass is 32.2. The van der Waals surface area contributed by atoms with E-state index in [1.165, 1.54) is 18.2 Å². The van der Waals surface area contributed by atoms with Crippen LogP contribution in [0.1, 0.15) is 71.7 Å². The first-order valence-electron chi connectivity index (χ1n) is 12.2. The van der Waals surface area contributed by atoms with E-state index in [1.54, 1.807) is 18.2 Å². The van der Waals surface area contributed by atoms with Gasteiger partial charge in [0.15, 0.2) is 0 Å². The summed E-state index contributed by atoms with van der Waals surface area (Å²) in [6.45, 7) is 3.97. The molecule has 2 aromatic carbocycles. The summed E-state index contributed by atoms with van der Waals surface area (Å²) < 4.78 is 31.1. The van der Waals surface area contributed by atoms with Gasteiger partial charge in [-0.1, -0.05) is 32.3 Å². The van der Waals surface area contributed by atoms with Gasteiger partial charge >= 0.3 is 0 Å². The van der Waals surface area contributed by atoms with Crippen LogP contribution < -0.4 is 10.6 Å². The van der Waals surface area contributed by atoms with Crippen LogP contribution in [0.25, 0.3) is 0 Å². The van der Waals surface area contributed by atoms with Crippen LogP contribution in [0.3, 0.4) is 0 Å². The number of carbonyl (C=O) groups excluding carboxylic acids is 4. The number of piperidine rings is 1. The summed E-state index contributed by atoms with van der Waals surface area (Å²) in [4.78, 5) is 50.6. The third kappa shape index (κ3) is 5.57. The Balaban J connectivity index is 1.56. The topological polar surface area (TPSA) is 139 Å². The first-order valence-corrected chi connectivity index (χ1v) is 13.7. The van der Waals surface area contributed by atoms with Crippen LogP contribution in [0.5, 0.6) is 0 Å². The van der Waals surface area contributed by atoms with Gasteiger partial charge in [-0.3, -0.25) is 33.6 Å². The van der Waals surface area contributed by atoms with Gasteiger partial charge in [0, 0.05) is 12.1 Å². The SMILES string of the molecule is CCCCCCOS(=O)(=O)c1ccc(C)cc1Nc1ccc2c(c1)C(=O)N(C1CCC(=O)NC1=O)C2=O. The van der Waals surface area contributed by atoms with E-state index in [2.05, 4.69) is 17.6 Å². The predicted molar refractivity (Wildman–Crippen MR) is 135 cm³/mol. The number of rotatable bonds is 10. The normalized spacial score (nSPS) is 17.7. The second kappa shape index (κ2) is 10.8. The van der Waals surface area contributed by atoms with Crippen molar-refractivity contribution in [1.29, 1.82) is 0 Å². The van der Waals surface area contributed by atoms with E-state index in [1.807, 2.05) is 6.92 Å². The predicted octanol–water partition coefficient (Wildman–Crippen LogP) is 3.43. The molecule has 2 aliphatic heterocycles. The Morgan fingerprint density at radius 1 is 1.00 bits per heavy atom. The molecule has 196 valence electrons. The second-order valence-corrected chi connectivity index (χ2v) is 10.8. The van der Waals surface area contributed by atoms with Crippen molar-refractivity contribution >= 4 is 45.1 Å². The lowest BCUT2D eigenvalue weighted by molar-refractivity contribution is -0.136. The molecular formula is C26H29N3O7S. The molecule has 2 heterocycles. The lowest BCUT2D eigenvalue weighted by Crippen LogP contribution is -2.54. The molecule has 2 aromatic rings. The Kier molecular flexibility index (Phi) is 7.74. The van der Waals surface area contributed by atoms with Gasteiger partial charge in [-0.25, -0.2) is 0 Å².